The molecule has 1 aromatic heterocycles. The molecule has 0 saturated heterocycles. The highest BCUT2D eigenvalue weighted by atomic mass is 32.1. The zero-order valence-electron chi connectivity index (χ0n) is 11.0. The van der Waals surface area contributed by atoms with Gasteiger partial charge in [-0.1, -0.05) is 6.92 Å². The first-order valence-corrected chi connectivity index (χ1v) is 7.01. The molecule has 0 aliphatic carbocycles. The van der Waals surface area contributed by atoms with Gasteiger partial charge in [-0.15, -0.1) is 11.3 Å². The average Bonchev–Trinajstić information content (AvgIpc) is 2.80. The highest BCUT2D eigenvalue weighted by Crippen LogP contribution is 2.21. The average molecular weight is 282 g/mol. The lowest BCUT2D eigenvalue weighted by atomic mass is 10.2. The number of thiazole rings is 1. The summed E-state index contributed by atoms with van der Waals surface area (Å²) in [6.45, 7) is 2.76. The molecule has 1 aromatic carbocycles. The highest BCUT2D eigenvalue weighted by Gasteiger charge is 2.09. The van der Waals surface area contributed by atoms with Crippen LogP contribution >= 0.6 is 11.3 Å². The van der Waals surface area contributed by atoms with Crippen LogP contribution in [0.25, 0.3) is 0 Å². The molecule has 0 aliphatic rings. The lowest BCUT2D eigenvalue weighted by molar-refractivity contribution is 0.508. The predicted octanol–water partition coefficient (Wildman–Crippen LogP) is 4.01. The fraction of sp³-hybridized carbons (Fsp3) is 0.357. The topological polar surface area (TPSA) is 16.1 Å². The van der Waals surface area contributed by atoms with Gasteiger partial charge in [-0.2, -0.15) is 0 Å². The van der Waals surface area contributed by atoms with Crippen LogP contribution in [-0.4, -0.2) is 12.0 Å². The Balaban J connectivity index is 2.06. The van der Waals surface area contributed by atoms with Crippen LogP contribution in [-0.2, 0) is 13.0 Å². The molecule has 0 N–H and O–H groups in total. The quantitative estimate of drug-likeness (QED) is 0.823. The summed E-state index contributed by atoms with van der Waals surface area (Å²) in [6.07, 6.45) is 3.91. The molecule has 0 atom stereocenters. The van der Waals surface area contributed by atoms with Gasteiger partial charge < -0.3 is 4.90 Å². The summed E-state index contributed by atoms with van der Waals surface area (Å²) >= 11 is 1.67. The minimum absolute atomic E-state index is 0.645. The molecular formula is C14H16F2N2S. The molecule has 0 bridgehead atoms. The second kappa shape index (κ2) is 6.10. The molecule has 19 heavy (non-hydrogen) atoms. The third-order valence-electron chi connectivity index (χ3n) is 2.80. The van der Waals surface area contributed by atoms with Gasteiger partial charge in [0, 0.05) is 29.9 Å². The van der Waals surface area contributed by atoms with Crippen molar-refractivity contribution in [1.82, 2.24) is 4.98 Å². The van der Waals surface area contributed by atoms with Crippen molar-refractivity contribution in [3.63, 3.8) is 0 Å². The van der Waals surface area contributed by atoms with Crippen LogP contribution in [0.3, 0.4) is 0 Å². The number of hydrogen-bond donors (Lipinski definition) is 0. The van der Waals surface area contributed by atoms with Gasteiger partial charge in [-0.3, -0.25) is 0 Å². The van der Waals surface area contributed by atoms with Crippen molar-refractivity contribution in [2.45, 2.75) is 26.3 Å². The monoisotopic (exact) mass is 282 g/mol. The summed E-state index contributed by atoms with van der Waals surface area (Å²) in [5, 5.41) is 1.12. The molecule has 0 spiro atoms. The number of nitrogens with zero attached hydrogens (tertiary/aromatic N) is 2. The first-order valence-electron chi connectivity index (χ1n) is 6.20. The molecular weight excluding hydrogens is 266 g/mol. The summed E-state index contributed by atoms with van der Waals surface area (Å²) in [5.74, 6) is -1.64. The zero-order chi connectivity index (χ0) is 13.8. The molecule has 0 amide bonds. The first kappa shape index (κ1) is 13.9. The predicted molar refractivity (Wildman–Crippen MR) is 74.6 cm³/mol. The molecule has 2 aromatic rings. The number of aryl methyl sites for hydroxylation is 1. The van der Waals surface area contributed by atoms with Crippen LogP contribution in [0.1, 0.15) is 23.2 Å². The molecule has 0 fully saturated rings. The lowest BCUT2D eigenvalue weighted by Crippen LogP contribution is -2.15. The van der Waals surface area contributed by atoms with Gasteiger partial charge in [-0.25, -0.2) is 13.8 Å². The van der Waals surface area contributed by atoms with Gasteiger partial charge in [0.25, 0.3) is 0 Å². The molecule has 0 radical (unpaired) electrons. The van der Waals surface area contributed by atoms with Crippen molar-refractivity contribution in [3.05, 3.63) is 45.9 Å². The van der Waals surface area contributed by atoms with Gasteiger partial charge in [0.2, 0.25) is 0 Å². The Labute approximate surface area is 115 Å². The van der Waals surface area contributed by atoms with Crippen molar-refractivity contribution in [2.24, 2.45) is 0 Å². The third kappa shape index (κ3) is 3.50. The van der Waals surface area contributed by atoms with Crippen LogP contribution in [0.2, 0.25) is 0 Å². The summed E-state index contributed by atoms with van der Waals surface area (Å²) in [4.78, 5) is 7.34. The van der Waals surface area contributed by atoms with E-state index in [1.165, 1.54) is 6.07 Å². The van der Waals surface area contributed by atoms with E-state index < -0.39 is 11.6 Å². The van der Waals surface area contributed by atoms with Crippen molar-refractivity contribution in [1.29, 1.82) is 0 Å². The van der Waals surface area contributed by atoms with E-state index in [1.54, 1.807) is 17.4 Å². The van der Waals surface area contributed by atoms with Gasteiger partial charge in [0.05, 0.1) is 11.6 Å². The number of halogens is 2. The van der Waals surface area contributed by atoms with Crippen LogP contribution in [0.15, 0.2) is 24.4 Å². The molecule has 2 nitrogen and oxygen atoms in total. The standard InChI is InChI=1S/C14H16F2N2S/c1-3-4-14-17-8-11(19-14)9-18(2)10-5-6-12(15)13(16)7-10/h5-8H,3-4,9H2,1-2H3. The molecule has 0 aliphatic heterocycles. The van der Waals surface area contributed by atoms with E-state index in [2.05, 4.69) is 11.9 Å². The Morgan fingerprint density at radius 3 is 2.74 bits per heavy atom. The van der Waals surface area contributed by atoms with Crippen molar-refractivity contribution >= 4 is 17.0 Å². The first-order chi connectivity index (χ1) is 9.10. The third-order valence-corrected chi connectivity index (χ3v) is 3.84. The van der Waals surface area contributed by atoms with E-state index in [1.807, 2.05) is 18.1 Å². The molecule has 0 unspecified atom stereocenters. The molecule has 5 heteroatoms. The summed E-state index contributed by atoms with van der Waals surface area (Å²) < 4.78 is 26.0. The Hall–Kier alpha value is -1.49. The number of rotatable bonds is 5. The fourth-order valence-electron chi connectivity index (χ4n) is 1.80. The van der Waals surface area contributed by atoms with Gasteiger partial charge in [0.15, 0.2) is 11.6 Å². The van der Waals surface area contributed by atoms with E-state index in [0.717, 1.165) is 28.8 Å². The largest absolute Gasteiger partial charge is 0.369 e. The van der Waals surface area contributed by atoms with E-state index in [0.29, 0.717) is 12.2 Å². The second-order valence-electron chi connectivity index (χ2n) is 4.42. The van der Waals surface area contributed by atoms with Crippen molar-refractivity contribution in [3.8, 4) is 0 Å². The van der Waals surface area contributed by atoms with Crippen LogP contribution in [0, 0.1) is 11.6 Å². The van der Waals surface area contributed by atoms with Crippen molar-refractivity contribution < 1.29 is 8.78 Å². The minimum atomic E-state index is -0.819. The molecule has 2 rings (SSSR count). The molecule has 0 saturated carbocycles. The van der Waals surface area contributed by atoms with Crippen molar-refractivity contribution in [2.75, 3.05) is 11.9 Å². The van der Waals surface area contributed by atoms with E-state index in [4.69, 9.17) is 0 Å². The summed E-state index contributed by atoms with van der Waals surface area (Å²) in [7, 11) is 1.85. The van der Waals surface area contributed by atoms with Crippen LogP contribution in [0.4, 0.5) is 14.5 Å². The summed E-state index contributed by atoms with van der Waals surface area (Å²) in [5.41, 5.74) is 0.657. The fourth-order valence-corrected chi connectivity index (χ4v) is 2.88. The van der Waals surface area contributed by atoms with Gasteiger partial charge in [-0.05, 0) is 25.0 Å². The van der Waals surface area contributed by atoms with Gasteiger partial charge >= 0.3 is 0 Å². The minimum Gasteiger partial charge on any atom is -0.369 e. The molecule has 102 valence electrons. The summed E-state index contributed by atoms with van der Waals surface area (Å²) in [6, 6.07) is 3.94. The number of anilines is 1. The zero-order valence-corrected chi connectivity index (χ0v) is 11.8. The Morgan fingerprint density at radius 1 is 1.26 bits per heavy atom. The SMILES string of the molecule is CCCc1ncc(CN(C)c2ccc(F)c(F)c2)s1. The Bertz CT molecular complexity index is 554. The number of aromatic nitrogens is 1. The van der Waals surface area contributed by atoms with E-state index >= 15 is 0 Å². The maximum absolute atomic E-state index is 13.2. The van der Waals surface area contributed by atoms with Crippen LogP contribution in [0.5, 0.6) is 0 Å². The normalized spacial score (nSPS) is 10.7. The maximum atomic E-state index is 13.2. The smallest absolute Gasteiger partial charge is 0.160 e. The Morgan fingerprint density at radius 2 is 2.05 bits per heavy atom. The van der Waals surface area contributed by atoms with E-state index in [-0.39, 0.29) is 0 Å². The number of hydrogen-bond acceptors (Lipinski definition) is 3. The second-order valence-corrected chi connectivity index (χ2v) is 5.62. The van der Waals surface area contributed by atoms with Crippen LogP contribution < -0.4 is 4.90 Å². The molecule has 1 heterocycles. The highest BCUT2D eigenvalue weighted by molar-refractivity contribution is 7.11. The Kier molecular flexibility index (Phi) is 4.47. The maximum Gasteiger partial charge on any atom is 0.160 e. The number of benzene rings is 1. The van der Waals surface area contributed by atoms with E-state index in [9.17, 15) is 8.78 Å². The van der Waals surface area contributed by atoms with Gasteiger partial charge in [0.1, 0.15) is 0 Å². The lowest BCUT2D eigenvalue weighted by Gasteiger charge is -2.18.